The van der Waals surface area contributed by atoms with Crippen molar-refractivity contribution in [1.29, 1.82) is 0 Å². The molecular weight excluding hydrogens is 424 g/mol. The highest BCUT2D eigenvalue weighted by Gasteiger charge is 2.35. The fraction of sp³-hybridized carbons (Fsp3) is 0.200. The summed E-state index contributed by atoms with van der Waals surface area (Å²) in [5.74, 6) is -0.692. The van der Waals surface area contributed by atoms with Crippen molar-refractivity contribution in [3.8, 4) is 0 Å². The third-order valence-electron chi connectivity index (χ3n) is 3.23. The van der Waals surface area contributed by atoms with Gasteiger partial charge in [-0.15, -0.1) is 0 Å². The highest BCUT2D eigenvalue weighted by Crippen LogP contribution is 2.59. The minimum atomic E-state index is -3.42. The Morgan fingerprint density at radius 2 is 1.65 bits per heavy atom. The first kappa shape index (κ1) is 18.8. The van der Waals surface area contributed by atoms with E-state index in [1.165, 1.54) is 14.2 Å². The molecule has 0 spiro atoms. The quantitative estimate of drug-likeness (QED) is 0.533. The summed E-state index contributed by atoms with van der Waals surface area (Å²) >= 11 is 15.3. The standard InChI is InChI=1S/C15H15BrCl2NO3P/c1-21-23(20,22-2)15(10-3-5-11(16)6-4-10)19-12-7-8-13(17)14(18)9-12/h3-9,15,19H,1-2H3. The molecule has 1 atom stereocenters. The van der Waals surface area contributed by atoms with Crippen LogP contribution in [0, 0.1) is 0 Å². The van der Waals surface area contributed by atoms with Gasteiger partial charge in [-0.05, 0) is 35.9 Å². The number of rotatable bonds is 6. The van der Waals surface area contributed by atoms with Crippen molar-refractivity contribution in [2.24, 2.45) is 0 Å². The molecule has 0 aliphatic carbocycles. The SMILES string of the molecule is COP(=O)(OC)C(Nc1ccc(Cl)c(Cl)c1)c1ccc(Br)cc1. The molecular formula is C15H15BrCl2NO3P. The van der Waals surface area contributed by atoms with Crippen LogP contribution in [0.1, 0.15) is 11.3 Å². The minimum Gasteiger partial charge on any atom is -0.368 e. The van der Waals surface area contributed by atoms with Crippen LogP contribution in [0.3, 0.4) is 0 Å². The Labute approximate surface area is 153 Å². The van der Waals surface area contributed by atoms with Crippen LogP contribution < -0.4 is 5.32 Å². The summed E-state index contributed by atoms with van der Waals surface area (Å²) in [6.45, 7) is 0. The van der Waals surface area contributed by atoms with Gasteiger partial charge in [0, 0.05) is 24.4 Å². The lowest BCUT2D eigenvalue weighted by atomic mass is 10.2. The Morgan fingerprint density at radius 3 is 2.17 bits per heavy atom. The third-order valence-corrected chi connectivity index (χ3v) is 6.58. The average molecular weight is 439 g/mol. The van der Waals surface area contributed by atoms with Crippen molar-refractivity contribution in [1.82, 2.24) is 0 Å². The maximum Gasteiger partial charge on any atom is 0.356 e. The zero-order chi connectivity index (χ0) is 17.0. The molecule has 0 aromatic heterocycles. The Morgan fingerprint density at radius 1 is 1.04 bits per heavy atom. The second kappa shape index (κ2) is 8.02. The molecule has 0 saturated heterocycles. The van der Waals surface area contributed by atoms with Gasteiger partial charge < -0.3 is 14.4 Å². The molecule has 0 radical (unpaired) electrons. The Bertz CT molecular complexity index is 719. The smallest absolute Gasteiger partial charge is 0.356 e. The number of nitrogens with one attached hydrogen (secondary N) is 1. The second-order valence-corrected chi connectivity index (χ2v) is 8.69. The van der Waals surface area contributed by atoms with Crippen LogP contribution in [0.2, 0.25) is 10.0 Å². The van der Waals surface area contributed by atoms with Gasteiger partial charge in [-0.25, -0.2) is 0 Å². The predicted molar refractivity (Wildman–Crippen MR) is 98.6 cm³/mol. The largest absolute Gasteiger partial charge is 0.368 e. The first-order valence-corrected chi connectivity index (χ1v) is 9.74. The van der Waals surface area contributed by atoms with Crippen molar-refractivity contribution in [3.05, 3.63) is 62.5 Å². The lowest BCUT2D eigenvalue weighted by Gasteiger charge is -2.26. The highest BCUT2D eigenvalue weighted by atomic mass is 79.9. The summed E-state index contributed by atoms with van der Waals surface area (Å²) < 4.78 is 24.2. The lowest BCUT2D eigenvalue weighted by molar-refractivity contribution is 0.268. The van der Waals surface area contributed by atoms with Gasteiger partial charge in [0.25, 0.3) is 0 Å². The van der Waals surface area contributed by atoms with Gasteiger partial charge >= 0.3 is 7.60 Å². The summed E-state index contributed by atoms with van der Waals surface area (Å²) in [7, 11) is -0.716. The van der Waals surface area contributed by atoms with Gasteiger partial charge in [-0.1, -0.05) is 51.3 Å². The van der Waals surface area contributed by atoms with E-state index in [9.17, 15) is 4.57 Å². The van der Waals surface area contributed by atoms with E-state index in [1.54, 1.807) is 18.2 Å². The summed E-state index contributed by atoms with van der Waals surface area (Å²) in [5.41, 5.74) is 1.41. The van der Waals surface area contributed by atoms with E-state index in [0.29, 0.717) is 15.7 Å². The highest BCUT2D eigenvalue weighted by molar-refractivity contribution is 9.10. The van der Waals surface area contributed by atoms with E-state index in [0.717, 1.165) is 10.0 Å². The van der Waals surface area contributed by atoms with Gasteiger partial charge in [0.05, 0.1) is 10.0 Å². The van der Waals surface area contributed by atoms with Gasteiger partial charge in [-0.2, -0.15) is 0 Å². The molecule has 0 aliphatic heterocycles. The van der Waals surface area contributed by atoms with E-state index < -0.39 is 13.4 Å². The Kier molecular flexibility index (Phi) is 6.55. The van der Waals surface area contributed by atoms with Crippen LogP contribution in [0.15, 0.2) is 46.9 Å². The van der Waals surface area contributed by atoms with E-state index in [-0.39, 0.29) is 0 Å². The molecule has 1 unspecified atom stereocenters. The van der Waals surface area contributed by atoms with Gasteiger partial charge in [0.15, 0.2) is 5.78 Å². The topological polar surface area (TPSA) is 47.6 Å². The monoisotopic (exact) mass is 437 g/mol. The zero-order valence-electron chi connectivity index (χ0n) is 12.4. The molecule has 0 fully saturated rings. The van der Waals surface area contributed by atoms with Gasteiger partial charge in [0.1, 0.15) is 0 Å². The number of halogens is 3. The van der Waals surface area contributed by atoms with Crippen molar-refractivity contribution >= 4 is 52.4 Å². The number of anilines is 1. The van der Waals surface area contributed by atoms with Crippen LogP contribution >= 0.6 is 46.7 Å². The van der Waals surface area contributed by atoms with Crippen LogP contribution in [-0.2, 0) is 13.6 Å². The average Bonchev–Trinajstić information content (AvgIpc) is 2.56. The molecule has 4 nitrogen and oxygen atoms in total. The van der Waals surface area contributed by atoms with Crippen LogP contribution in [0.25, 0.3) is 0 Å². The zero-order valence-corrected chi connectivity index (χ0v) is 16.4. The number of benzene rings is 2. The molecule has 8 heteroatoms. The van der Waals surface area contributed by atoms with E-state index in [1.807, 2.05) is 24.3 Å². The maximum atomic E-state index is 12.9. The van der Waals surface area contributed by atoms with E-state index in [4.69, 9.17) is 32.2 Å². The lowest BCUT2D eigenvalue weighted by Crippen LogP contribution is -2.13. The number of hydrogen-bond donors (Lipinski definition) is 1. The molecule has 124 valence electrons. The molecule has 0 heterocycles. The van der Waals surface area contributed by atoms with Crippen molar-refractivity contribution in [3.63, 3.8) is 0 Å². The summed E-state index contributed by atoms with van der Waals surface area (Å²) in [6.07, 6.45) is 0. The maximum absolute atomic E-state index is 12.9. The molecule has 2 aromatic carbocycles. The fourth-order valence-electron chi connectivity index (χ4n) is 2.02. The molecule has 0 aliphatic rings. The van der Waals surface area contributed by atoms with E-state index >= 15 is 0 Å². The predicted octanol–water partition coefficient (Wildman–Crippen LogP) is 6.35. The van der Waals surface area contributed by atoms with Crippen molar-refractivity contribution < 1.29 is 13.6 Å². The summed E-state index contributed by atoms with van der Waals surface area (Å²) in [4.78, 5) is 0. The molecule has 1 N–H and O–H groups in total. The molecule has 0 saturated carbocycles. The Balaban J connectivity index is 2.42. The first-order valence-electron chi connectivity index (χ1n) is 6.58. The molecule has 2 rings (SSSR count). The van der Waals surface area contributed by atoms with Crippen LogP contribution in [0.5, 0.6) is 0 Å². The van der Waals surface area contributed by atoms with Crippen molar-refractivity contribution in [2.45, 2.75) is 5.78 Å². The van der Waals surface area contributed by atoms with Crippen molar-refractivity contribution in [2.75, 3.05) is 19.5 Å². The summed E-state index contributed by atoms with van der Waals surface area (Å²) in [6, 6.07) is 12.5. The fourth-order valence-corrected chi connectivity index (χ4v) is 4.00. The normalized spacial score (nSPS) is 12.9. The summed E-state index contributed by atoms with van der Waals surface area (Å²) in [5, 5.41) is 4.00. The van der Waals surface area contributed by atoms with Crippen LogP contribution in [-0.4, -0.2) is 14.2 Å². The number of hydrogen-bond acceptors (Lipinski definition) is 4. The first-order chi connectivity index (χ1) is 10.9. The molecule has 2 aromatic rings. The minimum absolute atomic E-state index is 0.399. The molecule has 0 bridgehead atoms. The van der Waals surface area contributed by atoms with Gasteiger partial charge in [0.2, 0.25) is 0 Å². The Hall–Kier alpha value is -0.550. The van der Waals surface area contributed by atoms with Crippen LogP contribution in [0.4, 0.5) is 5.69 Å². The third kappa shape index (κ3) is 4.50. The van der Waals surface area contributed by atoms with Gasteiger partial charge in [-0.3, -0.25) is 4.57 Å². The second-order valence-electron chi connectivity index (χ2n) is 4.63. The molecule has 23 heavy (non-hydrogen) atoms. The molecule has 0 amide bonds. The van der Waals surface area contributed by atoms with E-state index in [2.05, 4.69) is 21.2 Å².